The summed E-state index contributed by atoms with van der Waals surface area (Å²) in [6, 6.07) is 1.36. The van der Waals surface area contributed by atoms with Crippen LogP contribution in [-0.4, -0.2) is 54.4 Å². The number of hydrogen-bond donors (Lipinski definition) is 2. The normalized spacial score (nSPS) is 24.5. The standard InChI is InChI=1S/C17H33N3O2/c1-12(2)20-9-8-14(11-20)18-10-15(13-6-7-13)19-16(21)22-17(3,4)5/h12-15,18H,6-11H2,1-5H3,(H,19,21). The molecule has 0 radical (unpaired) electrons. The molecule has 2 rings (SSSR count). The highest BCUT2D eigenvalue weighted by Crippen LogP contribution is 2.32. The van der Waals surface area contributed by atoms with Crippen molar-refractivity contribution in [3.8, 4) is 0 Å². The van der Waals surface area contributed by atoms with Crippen molar-refractivity contribution in [2.45, 2.75) is 77.6 Å². The van der Waals surface area contributed by atoms with Gasteiger partial charge in [-0.2, -0.15) is 0 Å². The number of nitrogens with zero attached hydrogens (tertiary/aromatic N) is 1. The fraction of sp³-hybridized carbons (Fsp3) is 0.941. The van der Waals surface area contributed by atoms with Crippen molar-refractivity contribution in [2.24, 2.45) is 5.92 Å². The Morgan fingerprint density at radius 3 is 2.45 bits per heavy atom. The fourth-order valence-electron chi connectivity index (χ4n) is 3.01. The van der Waals surface area contributed by atoms with E-state index in [1.54, 1.807) is 0 Å². The molecule has 1 aliphatic carbocycles. The van der Waals surface area contributed by atoms with Crippen LogP contribution in [0.4, 0.5) is 4.79 Å². The van der Waals surface area contributed by atoms with Crippen LogP contribution in [0.15, 0.2) is 0 Å². The Morgan fingerprint density at radius 1 is 1.27 bits per heavy atom. The maximum Gasteiger partial charge on any atom is 0.407 e. The Morgan fingerprint density at radius 2 is 1.95 bits per heavy atom. The predicted molar refractivity (Wildman–Crippen MR) is 89.0 cm³/mol. The molecule has 1 amide bonds. The van der Waals surface area contributed by atoms with E-state index in [0.29, 0.717) is 18.0 Å². The van der Waals surface area contributed by atoms with Crippen molar-refractivity contribution in [1.29, 1.82) is 0 Å². The Kier molecular flexibility index (Phi) is 5.72. The number of alkyl carbamates (subject to hydrolysis) is 1. The lowest BCUT2D eigenvalue weighted by atomic mass is 10.1. The van der Waals surface area contributed by atoms with Crippen LogP contribution in [0, 0.1) is 5.92 Å². The highest BCUT2D eigenvalue weighted by atomic mass is 16.6. The summed E-state index contributed by atoms with van der Waals surface area (Å²) in [6.45, 7) is 13.3. The van der Waals surface area contributed by atoms with Crippen molar-refractivity contribution < 1.29 is 9.53 Å². The van der Waals surface area contributed by atoms with E-state index < -0.39 is 5.60 Å². The van der Waals surface area contributed by atoms with Crippen molar-refractivity contribution in [2.75, 3.05) is 19.6 Å². The zero-order chi connectivity index (χ0) is 16.3. The van der Waals surface area contributed by atoms with Crippen molar-refractivity contribution >= 4 is 6.09 Å². The third-order valence-corrected chi connectivity index (χ3v) is 4.47. The van der Waals surface area contributed by atoms with Crippen molar-refractivity contribution in [3.63, 3.8) is 0 Å². The second-order valence-electron chi connectivity index (χ2n) is 8.07. The Hall–Kier alpha value is -0.810. The van der Waals surface area contributed by atoms with Gasteiger partial charge in [-0.15, -0.1) is 0 Å². The largest absolute Gasteiger partial charge is 0.444 e. The van der Waals surface area contributed by atoms with Crippen LogP contribution in [0.1, 0.15) is 53.9 Å². The first-order valence-electron chi connectivity index (χ1n) is 8.71. The smallest absolute Gasteiger partial charge is 0.407 e. The third-order valence-electron chi connectivity index (χ3n) is 4.47. The molecule has 2 atom stereocenters. The average Bonchev–Trinajstić information content (AvgIpc) is 3.10. The summed E-state index contributed by atoms with van der Waals surface area (Å²) in [7, 11) is 0. The summed E-state index contributed by atoms with van der Waals surface area (Å²) < 4.78 is 5.38. The molecule has 2 aliphatic rings. The van der Waals surface area contributed by atoms with E-state index in [2.05, 4.69) is 29.4 Å². The van der Waals surface area contributed by atoms with E-state index in [1.807, 2.05) is 20.8 Å². The van der Waals surface area contributed by atoms with Crippen LogP contribution in [0.5, 0.6) is 0 Å². The van der Waals surface area contributed by atoms with E-state index >= 15 is 0 Å². The van der Waals surface area contributed by atoms with E-state index in [9.17, 15) is 4.79 Å². The maximum atomic E-state index is 12.0. The Balaban J connectivity index is 1.74. The Bertz CT molecular complexity index is 375. The molecule has 5 nitrogen and oxygen atoms in total. The number of hydrogen-bond acceptors (Lipinski definition) is 4. The average molecular weight is 311 g/mol. The molecular weight excluding hydrogens is 278 g/mol. The highest BCUT2D eigenvalue weighted by Gasteiger charge is 2.34. The lowest BCUT2D eigenvalue weighted by molar-refractivity contribution is 0.0496. The molecule has 0 bridgehead atoms. The summed E-state index contributed by atoms with van der Waals surface area (Å²) in [4.78, 5) is 14.5. The van der Waals surface area contributed by atoms with Gasteiger partial charge in [-0.1, -0.05) is 0 Å². The van der Waals surface area contributed by atoms with Gasteiger partial charge in [0.2, 0.25) is 0 Å². The van der Waals surface area contributed by atoms with Crippen molar-refractivity contribution in [1.82, 2.24) is 15.5 Å². The number of rotatable bonds is 6. The van der Waals surface area contributed by atoms with Gasteiger partial charge >= 0.3 is 6.09 Å². The van der Waals surface area contributed by atoms with Crippen LogP contribution < -0.4 is 10.6 Å². The maximum absolute atomic E-state index is 12.0. The minimum atomic E-state index is -0.436. The lowest BCUT2D eigenvalue weighted by Crippen LogP contribution is -2.48. The molecule has 0 spiro atoms. The highest BCUT2D eigenvalue weighted by molar-refractivity contribution is 5.68. The van der Waals surface area contributed by atoms with Crippen LogP contribution in [0.3, 0.4) is 0 Å². The van der Waals surface area contributed by atoms with Gasteiger partial charge in [0.05, 0.1) is 0 Å². The van der Waals surface area contributed by atoms with E-state index in [1.165, 1.54) is 25.8 Å². The molecule has 128 valence electrons. The zero-order valence-corrected chi connectivity index (χ0v) is 14.8. The van der Waals surface area contributed by atoms with E-state index in [-0.39, 0.29) is 12.1 Å². The van der Waals surface area contributed by atoms with E-state index in [4.69, 9.17) is 4.74 Å². The molecule has 2 unspecified atom stereocenters. The van der Waals surface area contributed by atoms with Gasteiger partial charge in [-0.25, -0.2) is 4.79 Å². The summed E-state index contributed by atoms with van der Waals surface area (Å²) in [5.41, 5.74) is -0.436. The summed E-state index contributed by atoms with van der Waals surface area (Å²) in [6.07, 6.45) is 3.33. The number of likely N-dealkylation sites (tertiary alicyclic amines) is 1. The van der Waals surface area contributed by atoms with Gasteiger partial charge in [0.25, 0.3) is 0 Å². The van der Waals surface area contributed by atoms with Crippen molar-refractivity contribution in [3.05, 3.63) is 0 Å². The second-order valence-corrected chi connectivity index (χ2v) is 8.07. The molecule has 1 saturated heterocycles. The molecule has 1 aliphatic heterocycles. The molecule has 0 aromatic heterocycles. The molecule has 2 N–H and O–H groups in total. The zero-order valence-electron chi connectivity index (χ0n) is 14.8. The van der Waals surface area contributed by atoms with Gasteiger partial charge < -0.3 is 15.4 Å². The predicted octanol–water partition coefficient (Wildman–Crippen LogP) is 2.36. The quantitative estimate of drug-likeness (QED) is 0.791. The molecule has 5 heteroatoms. The topological polar surface area (TPSA) is 53.6 Å². The summed E-state index contributed by atoms with van der Waals surface area (Å²) in [5.74, 6) is 0.614. The number of carbonyl (C=O) groups excluding carboxylic acids is 1. The SMILES string of the molecule is CC(C)N1CCC(NCC(NC(=O)OC(C)(C)C)C2CC2)C1. The van der Waals surface area contributed by atoms with Gasteiger partial charge in [0.15, 0.2) is 0 Å². The molecule has 0 aromatic carbocycles. The number of ether oxygens (including phenoxy) is 1. The monoisotopic (exact) mass is 311 g/mol. The second kappa shape index (κ2) is 7.18. The molecule has 0 aromatic rings. The molecule has 1 heterocycles. The first-order chi connectivity index (χ1) is 10.2. The molecule has 1 saturated carbocycles. The molecule has 22 heavy (non-hydrogen) atoms. The minimum Gasteiger partial charge on any atom is -0.444 e. The molecular formula is C17H33N3O2. The number of carbonyl (C=O) groups is 1. The van der Waals surface area contributed by atoms with Gasteiger partial charge in [-0.3, -0.25) is 4.90 Å². The lowest BCUT2D eigenvalue weighted by Gasteiger charge is -2.25. The summed E-state index contributed by atoms with van der Waals surface area (Å²) >= 11 is 0. The minimum absolute atomic E-state index is 0.197. The first-order valence-corrected chi connectivity index (χ1v) is 8.71. The van der Waals surface area contributed by atoms with Gasteiger partial charge in [0.1, 0.15) is 5.60 Å². The number of amides is 1. The van der Waals surface area contributed by atoms with Gasteiger partial charge in [-0.05, 0) is 66.3 Å². The number of nitrogens with one attached hydrogen (secondary N) is 2. The fourth-order valence-corrected chi connectivity index (χ4v) is 3.01. The van der Waals surface area contributed by atoms with Crippen LogP contribution in [0.2, 0.25) is 0 Å². The Labute approximate surface area is 135 Å². The van der Waals surface area contributed by atoms with Crippen LogP contribution >= 0.6 is 0 Å². The first kappa shape index (κ1) is 17.5. The summed E-state index contributed by atoms with van der Waals surface area (Å²) in [5, 5.41) is 6.70. The van der Waals surface area contributed by atoms with E-state index in [0.717, 1.165) is 13.1 Å². The van der Waals surface area contributed by atoms with Gasteiger partial charge in [0, 0.05) is 31.2 Å². The van der Waals surface area contributed by atoms with Crippen LogP contribution in [-0.2, 0) is 4.74 Å². The molecule has 2 fully saturated rings. The van der Waals surface area contributed by atoms with Crippen LogP contribution in [0.25, 0.3) is 0 Å². The third kappa shape index (κ3) is 5.76.